The first-order valence-corrected chi connectivity index (χ1v) is 9.45. The van der Waals surface area contributed by atoms with E-state index in [1.165, 1.54) is 6.07 Å². The summed E-state index contributed by atoms with van der Waals surface area (Å²) in [6.07, 6.45) is 0. The van der Waals surface area contributed by atoms with Gasteiger partial charge in [-0.25, -0.2) is 4.79 Å². The first-order valence-electron chi connectivity index (χ1n) is 9.45. The van der Waals surface area contributed by atoms with Crippen LogP contribution < -0.4 is 10.1 Å². The van der Waals surface area contributed by atoms with Crippen molar-refractivity contribution in [2.24, 2.45) is 0 Å². The van der Waals surface area contributed by atoms with E-state index in [0.717, 1.165) is 17.1 Å². The highest BCUT2D eigenvalue weighted by Crippen LogP contribution is 2.28. The standard InChI is InChI=1S/C23H20N2O5/c1-14-10-18(15(2)25(14)17-6-4-3-5-7-17)23(28)30-12-20(26)16-8-9-21-19(11-16)24-22(27)13-29-21/h3-11H,12-13H2,1-2H3,(H,24,27). The lowest BCUT2D eigenvalue weighted by molar-refractivity contribution is -0.118. The topological polar surface area (TPSA) is 86.6 Å². The van der Waals surface area contributed by atoms with Gasteiger partial charge in [0.2, 0.25) is 0 Å². The highest BCUT2D eigenvalue weighted by atomic mass is 16.5. The second-order valence-corrected chi connectivity index (χ2v) is 7.00. The molecule has 0 radical (unpaired) electrons. The van der Waals surface area contributed by atoms with Gasteiger partial charge in [0.15, 0.2) is 19.0 Å². The van der Waals surface area contributed by atoms with E-state index in [1.54, 1.807) is 18.2 Å². The third kappa shape index (κ3) is 3.69. The van der Waals surface area contributed by atoms with Crippen LogP contribution in [0.5, 0.6) is 5.75 Å². The summed E-state index contributed by atoms with van der Waals surface area (Å²) >= 11 is 0. The number of carbonyl (C=O) groups is 3. The van der Waals surface area contributed by atoms with Crippen molar-refractivity contribution in [3.05, 3.63) is 77.1 Å². The molecule has 0 saturated carbocycles. The maximum absolute atomic E-state index is 12.6. The number of fused-ring (bicyclic) bond motifs is 1. The highest BCUT2D eigenvalue weighted by Gasteiger charge is 2.21. The van der Waals surface area contributed by atoms with Crippen LogP contribution in [0.15, 0.2) is 54.6 Å². The third-order valence-electron chi connectivity index (χ3n) is 4.93. The molecular weight excluding hydrogens is 384 g/mol. The Labute approximate surface area is 173 Å². The Morgan fingerprint density at radius 2 is 1.87 bits per heavy atom. The van der Waals surface area contributed by atoms with Crippen molar-refractivity contribution in [1.29, 1.82) is 0 Å². The SMILES string of the molecule is Cc1cc(C(=O)OCC(=O)c2ccc3c(c2)NC(=O)CO3)c(C)n1-c1ccccc1. The van der Waals surface area contributed by atoms with Gasteiger partial charge in [-0.15, -0.1) is 0 Å². The molecule has 4 rings (SSSR count). The summed E-state index contributed by atoms with van der Waals surface area (Å²) in [6.45, 7) is 3.29. The zero-order valence-corrected chi connectivity index (χ0v) is 16.6. The minimum atomic E-state index is -0.562. The number of hydrogen-bond acceptors (Lipinski definition) is 5. The van der Waals surface area contributed by atoms with Crippen LogP contribution in [0.1, 0.15) is 32.1 Å². The van der Waals surface area contributed by atoms with E-state index in [0.29, 0.717) is 22.6 Å². The Balaban J connectivity index is 1.47. The molecule has 30 heavy (non-hydrogen) atoms. The summed E-state index contributed by atoms with van der Waals surface area (Å²) in [5.41, 5.74) is 3.74. The van der Waals surface area contributed by atoms with Crippen molar-refractivity contribution in [3.63, 3.8) is 0 Å². The monoisotopic (exact) mass is 404 g/mol. The number of esters is 1. The second-order valence-electron chi connectivity index (χ2n) is 7.00. The van der Waals surface area contributed by atoms with Gasteiger partial charge in [-0.05, 0) is 50.2 Å². The fraction of sp³-hybridized carbons (Fsp3) is 0.174. The van der Waals surface area contributed by atoms with Crippen molar-refractivity contribution in [2.75, 3.05) is 18.5 Å². The summed E-state index contributed by atoms with van der Waals surface area (Å²) < 4.78 is 12.5. The molecule has 7 nitrogen and oxygen atoms in total. The lowest BCUT2D eigenvalue weighted by atomic mass is 10.1. The van der Waals surface area contributed by atoms with Crippen molar-refractivity contribution >= 4 is 23.3 Å². The van der Waals surface area contributed by atoms with Gasteiger partial charge < -0.3 is 19.4 Å². The van der Waals surface area contributed by atoms with Crippen molar-refractivity contribution < 1.29 is 23.9 Å². The number of aryl methyl sites for hydroxylation is 1. The molecule has 0 fully saturated rings. The smallest absolute Gasteiger partial charge is 0.340 e. The van der Waals surface area contributed by atoms with Crippen LogP contribution in [0.25, 0.3) is 5.69 Å². The molecule has 1 aromatic heterocycles. The van der Waals surface area contributed by atoms with E-state index < -0.39 is 12.6 Å². The van der Waals surface area contributed by atoms with E-state index in [-0.39, 0.29) is 18.3 Å². The maximum atomic E-state index is 12.6. The minimum Gasteiger partial charge on any atom is -0.482 e. The number of carbonyl (C=O) groups excluding carboxylic acids is 3. The largest absolute Gasteiger partial charge is 0.482 e. The molecule has 152 valence electrons. The molecule has 0 spiro atoms. The number of benzene rings is 2. The van der Waals surface area contributed by atoms with E-state index >= 15 is 0 Å². The van der Waals surface area contributed by atoms with Crippen LogP contribution in [0.2, 0.25) is 0 Å². The van der Waals surface area contributed by atoms with Crippen LogP contribution in [0, 0.1) is 13.8 Å². The lowest BCUT2D eigenvalue weighted by Gasteiger charge is -2.18. The molecule has 3 aromatic rings. The number of ketones is 1. The maximum Gasteiger partial charge on any atom is 0.340 e. The number of para-hydroxylation sites is 1. The fourth-order valence-corrected chi connectivity index (χ4v) is 3.49. The molecule has 0 atom stereocenters. The Kier molecular flexibility index (Phi) is 5.10. The molecule has 0 unspecified atom stereocenters. The molecular formula is C23H20N2O5. The minimum absolute atomic E-state index is 0.0562. The molecule has 1 N–H and O–H groups in total. The summed E-state index contributed by atoms with van der Waals surface area (Å²) in [4.78, 5) is 36.5. The van der Waals surface area contributed by atoms with Gasteiger partial charge >= 0.3 is 5.97 Å². The van der Waals surface area contributed by atoms with Crippen LogP contribution >= 0.6 is 0 Å². The van der Waals surface area contributed by atoms with Gasteiger partial charge in [0.05, 0.1) is 11.3 Å². The van der Waals surface area contributed by atoms with Gasteiger partial charge in [-0.2, -0.15) is 0 Å². The van der Waals surface area contributed by atoms with Crippen LogP contribution in [-0.2, 0) is 9.53 Å². The molecule has 1 aliphatic heterocycles. The van der Waals surface area contributed by atoms with Crippen LogP contribution in [0.4, 0.5) is 5.69 Å². The molecule has 0 bridgehead atoms. The number of nitrogens with zero attached hydrogens (tertiary/aromatic N) is 1. The molecule has 0 saturated heterocycles. The zero-order chi connectivity index (χ0) is 21.3. The van der Waals surface area contributed by atoms with E-state index in [2.05, 4.69) is 5.32 Å². The number of aromatic nitrogens is 1. The van der Waals surface area contributed by atoms with Gasteiger partial charge in [-0.3, -0.25) is 9.59 Å². The molecule has 1 amide bonds. The molecule has 2 aromatic carbocycles. The van der Waals surface area contributed by atoms with Gasteiger partial charge in [0, 0.05) is 22.6 Å². The summed E-state index contributed by atoms with van der Waals surface area (Å²) in [5.74, 6) is -0.722. The number of rotatable bonds is 5. The van der Waals surface area contributed by atoms with Gasteiger partial charge in [0.25, 0.3) is 5.91 Å². The normalized spacial score (nSPS) is 12.5. The first-order chi connectivity index (χ1) is 14.4. The summed E-state index contributed by atoms with van der Waals surface area (Å²) in [5, 5.41) is 2.65. The molecule has 0 aliphatic carbocycles. The molecule has 2 heterocycles. The molecule has 1 aliphatic rings. The van der Waals surface area contributed by atoms with E-state index in [9.17, 15) is 14.4 Å². The molecule has 7 heteroatoms. The Morgan fingerprint density at radius 3 is 2.63 bits per heavy atom. The first kappa shape index (κ1) is 19.4. The van der Waals surface area contributed by atoms with Crippen molar-refractivity contribution in [2.45, 2.75) is 13.8 Å². The second kappa shape index (κ2) is 7.87. The average Bonchev–Trinajstić information content (AvgIpc) is 3.05. The van der Waals surface area contributed by atoms with E-state index in [4.69, 9.17) is 9.47 Å². The van der Waals surface area contributed by atoms with Gasteiger partial charge in [0.1, 0.15) is 5.75 Å². The number of Topliss-reactive ketones (excluding diaryl/α,β-unsaturated/α-hetero) is 1. The van der Waals surface area contributed by atoms with Crippen molar-refractivity contribution in [3.8, 4) is 11.4 Å². The third-order valence-corrected chi connectivity index (χ3v) is 4.93. The number of nitrogens with one attached hydrogen (secondary N) is 1. The summed E-state index contributed by atoms with van der Waals surface area (Å²) in [7, 11) is 0. The summed E-state index contributed by atoms with van der Waals surface area (Å²) in [6, 6.07) is 16.1. The Bertz CT molecular complexity index is 1150. The van der Waals surface area contributed by atoms with Crippen LogP contribution in [0.3, 0.4) is 0 Å². The number of ether oxygens (including phenoxy) is 2. The Morgan fingerprint density at radius 1 is 1.10 bits per heavy atom. The average molecular weight is 404 g/mol. The quantitative estimate of drug-likeness (QED) is 0.520. The van der Waals surface area contributed by atoms with Crippen LogP contribution in [-0.4, -0.2) is 35.4 Å². The van der Waals surface area contributed by atoms with Crippen molar-refractivity contribution in [1.82, 2.24) is 4.57 Å². The number of hydrogen-bond donors (Lipinski definition) is 1. The zero-order valence-electron chi connectivity index (χ0n) is 16.6. The predicted molar refractivity (Wildman–Crippen MR) is 110 cm³/mol. The predicted octanol–water partition coefficient (Wildman–Crippen LogP) is 3.46. The highest BCUT2D eigenvalue weighted by molar-refractivity contribution is 6.02. The van der Waals surface area contributed by atoms with E-state index in [1.807, 2.05) is 48.7 Å². The van der Waals surface area contributed by atoms with Gasteiger partial charge in [-0.1, -0.05) is 18.2 Å². The lowest BCUT2D eigenvalue weighted by Crippen LogP contribution is -2.25. The number of amides is 1. The Hall–Kier alpha value is -3.87. The fourth-order valence-electron chi connectivity index (χ4n) is 3.49. The number of anilines is 1.